The minimum Gasteiger partial charge on any atom is -0.383 e. The number of hydrogen-bond acceptors (Lipinski definition) is 4. The summed E-state index contributed by atoms with van der Waals surface area (Å²) in [6.45, 7) is 2.31. The van der Waals surface area contributed by atoms with Crippen molar-refractivity contribution in [1.82, 2.24) is 9.97 Å². The number of aromatic nitrogens is 2. The zero-order chi connectivity index (χ0) is 12.0. The highest BCUT2D eigenvalue weighted by molar-refractivity contribution is 5.92. The molecule has 0 radical (unpaired) electrons. The summed E-state index contributed by atoms with van der Waals surface area (Å²) in [5, 5.41) is 0.967. The maximum absolute atomic E-state index is 5.97. The highest BCUT2D eigenvalue weighted by Gasteiger charge is 2.37. The predicted octanol–water partition coefficient (Wildman–Crippen LogP) is 2.14. The molecule has 1 aliphatic rings. The van der Waals surface area contributed by atoms with Gasteiger partial charge in [-0.05, 0) is 36.3 Å². The van der Waals surface area contributed by atoms with Crippen LogP contribution in [-0.4, -0.2) is 9.97 Å². The molecule has 17 heavy (non-hydrogen) atoms. The van der Waals surface area contributed by atoms with Crippen molar-refractivity contribution in [3.63, 3.8) is 0 Å². The van der Waals surface area contributed by atoms with E-state index in [1.165, 1.54) is 18.4 Å². The van der Waals surface area contributed by atoms with Crippen molar-refractivity contribution in [3.05, 3.63) is 23.8 Å². The monoisotopic (exact) mass is 228 g/mol. The summed E-state index contributed by atoms with van der Waals surface area (Å²) >= 11 is 0. The third-order valence-electron chi connectivity index (χ3n) is 3.58. The first kappa shape index (κ1) is 10.3. The van der Waals surface area contributed by atoms with Crippen LogP contribution in [0.2, 0.25) is 0 Å². The van der Waals surface area contributed by atoms with E-state index in [1.54, 1.807) is 0 Å². The van der Waals surface area contributed by atoms with Gasteiger partial charge in [-0.1, -0.05) is 19.1 Å². The van der Waals surface area contributed by atoms with Gasteiger partial charge in [0.05, 0.1) is 5.52 Å². The largest absolute Gasteiger partial charge is 0.383 e. The van der Waals surface area contributed by atoms with E-state index in [9.17, 15) is 0 Å². The van der Waals surface area contributed by atoms with Crippen molar-refractivity contribution in [1.29, 1.82) is 0 Å². The summed E-state index contributed by atoms with van der Waals surface area (Å²) in [6, 6.07) is 6.06. The molecule has 0 unspecified atom stereocenters. The molecule has 0 bridgehead atoms. The highest BCUT2D eigenvalue weighted by Crippen LogP contribution is 2.48. The van der Waals surface area contributed by atoms with Crippen LogP contribution in [0.5, 0.6) is 0 Å². The van der Waals surface area contributed by atoms with Crippen LogP contribution >= 0.6 is 0 Å². The lowest BCUT2D eigenvalue weighted by Gasteiger charge is -2.12. The highest BCUT2D eigenvalue weighted by atomic mass is 15.0. The quantitative estimate of drug-likeness (QED) is 0.825. The first-order valence-corrected chi connectivity index (χ1v) is 5.88. The molecule has 0 amide bonds. The summed E-state index contributed by atoms with van der Waals surface area (Å²) < 4.78 is 0. The van der Waals surface area contributed by atoms with Crippen LogP contribution in [0.1, 0.15) is 25.3 Å². The summed E-state index contributed by atoms with van der Waals surface area (Å²) in [5.74, 6) is 0.733. The van der Waals surface area contributed by atoms with Gasteiger partial charge in [0.25, 0.3) is 0 Å². The second-order valence-electron chi connectivity index (χ2n) is 5.27. The van der Waals surface area contributed by atoms with Gasteiger partial charge in [0, 0.05) is 5.39 Å². The minimum atomic E-state index is 0.241. The number of fused-ring (bicyclic) bond motifs is 1. The summed E-state index contributed by atoms with van der Waals surface area (Å²) in [4.78, 5) is 8.29. The summed E-state index contributed by atoms with van der Waals surface area (Å²) in [5.41, 5.74) is 14.1. The van der Waals surface area contributed by atoms with Crippen LogP contribution in [0.25, 0.3) is 10.9 Å². The molecule has 4 heteroatoms. The third kappa shape index (κ3) is 1.79. The predicted molar refractivity (Wildman–Crippen MR) is 69.4 cm³/mol. The summed E-state index contributed by atoms with van der Waals surface area (Å²) in [7, 11) is 0. The molecule has 0 aliphatic heterocycles. The van der Waals surface area contributed by atoms with E-state index >= 15 is 0 Å². The second kappa shape index (κ2) is 3.32. The zero-order valence-corrected chi connectivity index (χ0v) is 9.90. The number of nitrogens with two attached hydrogens (primary N) is 2. The van der Waals surface area contributed by atoms with Gasteiger partial charge in [-0.15, -0.1) is 0 Å². The van der Waals surface area contributed by atoms with Crippen molar-refractivity contribution in [3.8, 4) is 0 Å². The Hall–Kier alpha value is -1.84. The molecule has 1 aliphatic carbocycles. The lowest BCUT2D eigenvalue weighted by atomic mass is 9.95. The van der Waals surface area contributed by atoms with Crippen LogP contribution < -0.4 is 11.5 Å². The van der Waals surface area contributed by atoms with Crippen LogP contribution in [0.15, 0.2) is 18.2 Å². The molecule has 88 valence electrons. The average Bonchev–Trinajstić information content (AvgIpc) is 2.95. The molecule has 0 atom stereocenters. The van der Waals surface area contributed by atoms with Gasteiger partial charge in [-0.3, -0.25) is 0 Å². The maximum atomic E-state index is 5.97. The Morgan fingerprint density at radius 3 is 2.71 bits per heavy atom. The fourth-order valence-electron chi connectivity index (χ4n) is 2.30. The molecule has 1 aromatic heterocycles. The lowest BCUT2D eigenvalue weighted by molar-refractivity contribution is 0.573. The van der Waals surface area contributed by atoms with E-state index in [0.717, 1.165) is 17.3 Å². The number of benzene rings is 1. The average molecular weight is 228 g/mol. The van der Waals surface area contributed by atoms with Crippen molar-refractivity contribution in [2.24, 2.45) is 5.41 Å². The van der Waals surface area contributed by atoms with Crippen molar-refractivity contribution in [2.45, 2.75) is 26.2 Å². The molecule has 1 fully saturated rings. The molecule has 3 rings (SSSR count). The van der Waals surface area contributed by atoms with Crippen LogP contribution in [0.4, 0.5) is 11.8 Å². The van der Waals surface area contributed by atoms with Crippen LogP contribution in [-0.2, 0) is 6.42 Å². The Labute approximate surface area is 100 Å². The minimum absolute atomic E-state index is 0.241. The fraction of sp³-hybridized carbons (Fsp3) is 0.385. The normalized spacial score (nSPS) is 17.2. The number of nitrogens with zero attached hydrogens (tertiary/aromatic N) is 2. The zero-order valence-electron chi connectivity index (χ0n) is 9.90. The summed E-state index contributed by atoms with van der Waals surface area (Å²) in [6.07, 6.45) is 3.63. The molecule has 1 saturated carbocycles. The standard InChI is InChI=1S/C13H16N4/c1-13(5-6-13)7-8-3-2-4-9-10(8)11(14)17-12(15)16-9/h2-4H,5-7H2,1H3,(H4,14,15,16,17). The number of anilines is 2. The van der Waals surface area contributed by atoms with E-state index in [4.69, 9.17) is 11.5 Å². The molecular formula is C13H16N4. The van der Waals surface area contributed by atoms with E-state index < -0.39 is 0 Å². The van der Waals surface area contributed by atoms with Crippen LogP contribution in [0, 0.1) is 5.41 Å². The van der Waals surface area contributed by atoms with Gasteiger partial charge in [0.2, 0.25) is 5.95 Å². The molecule has 1 heterocycles. The number of hydrogen-bond donors (Lipinski definition) is 2. The van der Waals surface area contributed by atoms with Crippen molar-refractivity contribution < 1.29 is 0 Å². The molecule has 0 spiro atoms. The van der Waals surface area contributed by atoms with Gasteiger partial charge < -0.3 is 11.5 Å². The Balaban J connectivity index is 2.17. The van der Waals surface area contributed by atoms with E-state index in [-0.39, 0.29) is 5.95 Å². The molecular weight excluding hydrogens is 212 g/mol. The van der Waals surface area contributed by atoms with Gasteiger partial charge in [-0.2, -0.15) is 4.98 Å². The smallest absolute Gasteiger partial charge is 0.222 e. The first-order valence-electron chi connectivity index (χ1n) is 5.88. The number of nitrogen functional groups attached to an aromatic ring is 2. The maximum Gasteiger partial charge on any atom is 0.222 e. The van der Waals surface area contributed by atoms with Crippen LogP contribution in [0.3, 0.4) is 0 Å². The molecule has 0 saturated heterocycles. The first-order chi connectivity index (χ1) is 8.07. The Morgan fingerprint density at radius 1 is 1.24 bits per heavy atom. The molecule has 4 N–H and O–H groups in total. The molecule has 1 aromatic carbocycles. The number of rotatable bonds is 2. The lowest BCUT2D eigenvalue weighted by Crippen LogP contribution is -2.05. The Kier molecular flexibility index (Phi) is 2.02. The van der Waals surface area contributed by atoms with Gasteiger partial charge in [0.15, 0.2) is 0 Å². The van der Waals surface area contributed by atoms with Crippen molar-refractivity contribution in [2.75, 3.05) is 11.5 Å². The van der Waals surface area contributed by atoms with Gasteiger partial charge in [-0.25, -0.2) is 4.98 Å². The second-order valence-corrected chi connectivity index (χ2v) is 5.27. The van der Waals surface area contributed by atoms with E-state index in [0.29, 0.717) is 11.2 Å². The SMILES string of the molecule is CC1(Cc2cccc3nc(N)nc(N)c23)CC1. The Bertz CT molecular complexity index is 587. The van der Waals surface area contributed by atoms with Gasteiger partial charge >= 0.3 is 0 Å². The fourth-order valence-corrected chi connectivity index (χ4v) is 2.30. The molecule has 2 aromatic rings. The Morgan fingerprint density at radius 2 is 2.00 bits per heavy atom. The third-order valence-corrected chi connectivity index (χ3v) is 3.58. The van der Waals surface area contributed by atoms with E-state index in [2.05, 4.69) is 23.0 Å². The van der Waals surface area contributed by atoms with E-state index in [1.807, 2.05) is 12.1 Å². The van der Waals surface area contributed by atoms with Crippen molar-refractivity contribution >= 4 is 22.7 Å². The molecule has 4 nitrogen and oxygen atoms in total. The van der Waals surface area contributed by atoms with Gasteiger partial charge in [0.1, 0.15) is 5.82 Å². The topological polar surface area (TPSA) is 77.8 Å².